The van der Waals surface area contributed by atoms with Gasteiger partial charge in [0.25, 0.3) is 5.91 Å². The molecule has 0 aliphatic heterocycles. The molecule has 0 aliphatic carbocycles. The van der Waals surface area contributed by atoms with Crippen molar-refractivity contribution in [1.29, 1.82) is 0 Å². The van der Waals surface area contributed by atoms with Crippen LogP contribution >= 0.6 is 0 Å². The number of oxazole rings is 1. The zero-order valence-corrected chi connectivity index (χ0v) is 14.9. The molecule has 1 aromatic heterocycles. The molecule has 0 fully saturated rings. The van der Waals surface area contributed by atoms with E-state index in [0.717, 1.165) is 6.42 Å². The Labute approximate surface area is 150 Å². The van der Waals surface area contributed by atoms with E-state index in [1.165, 1.54) is 14.2 Å². The third kappa shape index (κ3) is 3.15. The molecule has 2 aromatic carbocycles. The van der Waals surface area contributed by atoms with E-state index >= 15 is 0 Å². The molecule has 0 unspecified atom stereocenters. The summed E-state index contributed by atoms with van der Waals surface area (Å²) in [4.78, 5) is 24.6. The van der Waals surface area contributed by atoms with Crippen LogP contribution in [0, 0.1) is 0 Å². The first-order valence-electron chi connectivity index (χ1n) is 8.24. The predicted octanol–water partition coefficient (Wildman–Crippen LogP) is 3.27. The lowest BCUT2D eigenvalue weighted by atomic mass is 10.1. The standard InChI is InChI=1S/C19H20N2O5/c1-4-10-21-13-9-8-12(11-16(13)26-19(21)23)20-18(22)17-14(24-2)6-5-7-15(17)25-3/h5-9,11H,4,10H2,1-3H3,(H,20,22). The van der Waals surface area contributed by atoms with Crippen molar-refractivity contribution in [3.8, 4) is 11.5 Å². The fourth-order valence-corrected chi connectivity index (χ4v) is 2.85. The number of anilines is 1. The number of benzene rings is 2. The number of methoxy groups -OCH3 is 2. The van der Waals surface area contributed by atoms with Crippen molar-refractivity contribution in [1.82, 2.24) is 4.57 Å². The zero-order chi connectivity index (χ0) is 18.7. The summed E-state index contributed by atoms with van der Waals surface area (Å²) < 4.78 is 17.4. The summed E-state index contributed by atoms with van der Waals surface area (Å²) in [5, 5.41) is 2.79. The number of carbonyl (C=O) groups excluding carboxylic acids is 1. The maximum Gasteiger partial charge on any atom is 0.419 e. The summed E-state index contributed by atoms with van der Waals surface area (Å²) >= 11 is 0. The predicted molar refractivity (Wildman–Crippen MR) is 98.3 cm³/mol. The van der Waals surface area contributed by atoms with E-state index in [-0.39, 0.29) is 5.91 Å². The third-order valence-electron chi connectivity index (χ3n) is 4.03. The topological polar surface area (TPSA) is 82.7 Å². The molecular formula is C19H20N2O5. The van der Waals surface area contributed by atoms with E-state index in [4.69, 9.17) is 13.9 Å². The molecule has 0 saturated carbocycles. The lowest BCUT2D eigenvalue weighted by Gasteiger charge is -2.13. The maximum absolute atomic E-state index is 12.7. The average molecular weight is 356 g/mol. The van der Waals surface area contributed by atoms with Crippen molar-refractivity contribution >= 4 is 22.7 Å². The first-order valence-corrected chi connectivity index (χ1v) is 8.24. The van der Waals surface area contributed by atoms with Crippen LogP contribution in [-0.4, -0.2) is 24.7 Å². The summed E-state index contributed by atoms with van der Waals surface area (Å²) in [7, 11) is 2.98. The minimum absolute atomic E-state index is 0.294. The van der Waals surface area contributed by atoms with Crippen molar-refractivity contribution in [2.75, 3.05) is 19.5 Å². The van der Waals surface area contributed by atoms with Crippen LogP contribution < -0.4 is 20.5 Å². The molecule has 0 saturated heterocycles. The minimum Gasteiger partial charge on any atom is -0.496 e. The van der Waals surface area contributed by atoms with Crippen LogP contribution in [0.5, 0.6) is 11.5 Å². The number of carbonyl (C=O) groups is 1. The van der Waals surface area contributed by atoms with Gasteiger partial charge in [-0.25, -0.2) is 4.79 Å². The van der Waals surface area contributed by atoms with E-state index in [1.807, 2.05) is 6.92 Å². The average Bonchev–Trinajstić information content (AvgIpc) is 2.95. The third-order valence-corrected chi connectivity index (χ3v) is 4.03. The van der Waals surface area contributed by atoms with Gasteiger partial charge in [-0.1, -0.05) is 13.0 Å². The molecule has 7 heteroatoms. The van der Waals surface area contributed by atoms with Crippen molar-refractivity contribution < 1.29 is 18.7 Å². The fourth-order valence-electron chi connectivity index (χ4n) is 2.85. The number of ether oxygens (including phenoxy) is 2. The van der Waals surface area contributed by atoms with E-state index in [9.17, 15) is 9.59 Å². The van der Waals surface area contributed by atoms with Gasteiger partial charge in [-0.05, 0) is 30.7 Å². The van der Waals surface area contributed by atoms with Crippen molar-refractivity contribution in [3.63, 3.8) is 0 Å². The molecule has 1 heterocycles. The van der Waals surface area contributed by atoms with E-state index < -0.39 is 5.76 Å². The normalized spacial score (nSPS) is 10.7. The molecule has 1 amide bonds. The lowest BCUT2D eigenvalue weighted by molar-refractivity contribution is 0.102. The summed E-state index contributed by atoms with van der Waals surface area (Å²) in [6, 6.07) is 10.2. The molecule has 3 aromatic rings. The molecule has 136 valence electrons. The van der Waals surface area contributed by atoms with Crippen molar-refractivity contribution in [3.05, 3.63) is 52.5 Å². The Bertz CT molecular complexity index is 981. The van der Waals surface area contributed by atoms with Crippen molar-refractivity contribution in [2.45, 2.75) is 19.9 Å². The summed E-state index contributed by atoms with van der Waals surface area (Å²) in [6.45, 7) is 2.57. The van der Waals surface area contributed by atoms with E-state index in [1.54, 1.807) is 41.0 Å². The van der Waals surface area contributed by atoms with Gasteiger partial charge >= 0.3 is 5.76 Å². The number of fused-ring (bicyclic) bond motifs is 1. The summed E-state index contributed by atoms with van der Waals surface area (Å²) in [5.74, 6) is 0.0258. The second-order valence-electron chi connectivity index (χ2n) is 5.69. The molecular weight excluding hydrogens is 336 g/mol. The van der Waals surface area contributed by atoms with E-state index in [2.05, 4.69) is 5.32 Å². The van der Waals surface area contributed by atoms with Gasteiger partial charge in [0.2, 0.25) is 0 Å². The van der Waals surface area contributed by atoms with Crippen LogP contribution in [0.3, 0.4) is 0 Å². The van der Waals surface area contributed by atoms with Gasteiger partial charge in [-0.2, -0.15) is 0 Å². The second-order valence-corrected chi connectivity index (χ2v) is 5.69. The highest BCUT2D eigenvalue weighted by Crippen LogP contribution is 2.29. The molecule has 0 atom stereocenters. The Balaban J connectivity index is 1.94. The molecule has 0 spiro atoms. The molecule has 0 aliphatic rings. The quantitative estimate of drug-likeness (QED) is 0.733. The number of hydrogen-bond donors (Lipinski definition) is 1. The van der Waals surface area contributed by atoms with Crippen molar-refractivity contribution in [2.24, 2.45) is 0 Å². The van der Waals surface area contributed by atoms with Gasteiger partial charge in [0.05, 0.1) is 19.7 Å². The fraction of sp³-hybridized carbons (Fsp3) is 0.263. The number of hydrogen-bond acceptors (Lipinski definition) is 5. The van der Waals surface area contributed by atoms with Gasteiger partial charge in [-0.3, -0.25) is 9.36 Å². The lowest BCUT2D eigenvalue weighted by Crippen LogP contribution is -2.14. The Kier molecular flexibility index (Phi) is 4.97. The van der Waals surface area contributed by atoms with Gasteiger partial charge in [-0.15, -0.1) is 0 Å². The number of nitrogens with one attached hydrogen (secondary N) is 1. The SMILES string of the molecule is CCCn1c(=O)oc2cc(NC(=O)c3c(OC)cccc3OC)ccc21. The molecule has 0 radical (unpaired) electrons. The van der Waals surface area contributed by atoms with E-state index in [0.29, 0.717) is 40.4 Å². The number of nitrogens with zero attached hydrogens (tertiary/aromatic N) is 1. The maximum atomic E-state index is 12.7. The highest BCUT2D eigenvalue weighted by Gasteiger charge is 2.19. The Hall–Kier alpha value is -3.22. The van der Waals surface area contributed by atoms with Crippen LogP contribution in [0.4, 0.5) is 5.69 Å². The van der Waals surface area contributed by atoms with Gasteiger partial charge in [0.1, 0.15) is 17.1 Å². The minimum atomic E-state index is -0.406. The van der Waals surface area contributed by atoms with Gasteiger partial charge < -0.3 is 19.2 Å². The molecule has 1 N–H and O–H groups in total. The van der Waals surface area contributed by atoms with Crippen LogP contribution in [-0.2, 0) is 6.54 Å². The van der Waals surface area contributed by atoms with Crippen LogP contribution in [0.2, 0.25) is 0 Å². The number of amides is 1. The Morgan fingerprint density at radius 3 is 2.46 bits per heavy atom. The Morgan fingerprint density at radius 2 is 1.85 bits per heavy atom. The van der Waals surface area contributed by atoms with Crippen LogP contribution in [0.25, 0.3) is 11.1 Å². The number of aromatic nitrogens is 1. The highest BCUT2D eigenvalue weighted by molar-refractivity contribution is 6.08. The largest absolute Gasteiger partial charge is 0.496 e. The monoisotopic (exact) mass is 356 g/mol. The van der Waals surface area contributed by atoms with Crippen LogP contribution in [0.15, 0.2) is 45.6 Å². The number of rotatable bonds is 6. The second kappa shape index (κ2) is 7.35. The van der Waals surface area contributed by atoms with Gasteiger partial charge in [0, 0.05) is 18.3 Å². The highest BCUT2D eigenvalue weighted by atomic mass is 16.5. The number of aryl methyl sites for hydroxylation is 1. The molecule has 7 nitrogen and oxygen atoms in total. The van der Waals surface area contributed by atoms with Crippen LogP contribution in [0.1, 0.15) is 23.7 Å². The molecule has 0 bridgehead atoms. The summed E-state index contributed by atoms with van der Waals surface area (Å²) in [6.07, 6.45) is 0.820. The molecule has 3 rings (SSSR count). The zero-order valence-electron chi connectivity index (χ0n) is 14.9. The summed E-state index contributed by atoms with van der Waals surface area (Å²) in [5.41, 5.74) is 1.92. The smallest absolute Gasteiger partial charge is 0.419 e. The molecule has 26 heavy (non-hydrogen) atoms. The first kappa shape index (κ1) is 17.6. The van der Waals surface area contributed by atoms with Gasteiger partial charge in [0.15, 0.2) is 5.58 Å². The first-order chi connectivity index (χ1) is 12.6. The Morgan fingerprint density at radius 1 is 1.15 bits per heavy atom.